The molecule has 0 saturated carbocycles. The quantitative estimate of drug-likeness (QED) is 0.256. The zero-order valence-corrected chi connectivity index (χ0v) is 17.2. The fraction of sp³-hybridized carbons (Fsp3) is 1.00. The number of hydrogen-bond acceptors (Lipinski definition) is 10. The Morgan fingerprint density at radius 1 is 0.885 bits per heavy atom. The van der Waals surface area contributed by atoms with Crippen LogP contribution in [-0.2, 0) is 18.9 Å². The van der Waals surface area contributed by atoms with Gasteiger partial charge in [0.25, 0.3) is 0 Å². The van der Waals surface area contributed by atoms with Gasteiger partial charge in [-0.2, -0.15) is 0 Å². The Labute approximate surface area is 162 Å². The minimum atomic E-state index is -1.44. The number of rotatable bonds is 12. The molecule has 10 heteroatoms. The van der Waals surface area contributed by atoms with Crippen LogP contribution < -0.4 is 0 Å². The summed E-state index contributed by atoms with van der Waals surface area (Å²) in [6.07, 6.45) is -6.30. The first-order valence-electron chi connectivity index (χ1n) is 8.64. The van der Waals surface area contributed by atoms with Crippen molar-refractivity contribution in [2.45, 2.75) is 56.2 Å². The molecule has 8 nitrogen and oxygen atoms in total. The van der Waals surface area contributed by atoms with Crippen LogP contribution >= 0.6 is 21.6 Å². The average molecular weight is 417 g/mol. The van der Waals surface area contributed by atoms with Crippen LogP contribution in [-0.4, -0.2) is 101 Å². The van der Waals surface area contributed by atoms with Crippen molar-refractivity contribution in [3.63, 3.8) is 0 Å². The van der Waals surface area contributed by atoms with Crippen LogP contribution in [0.5, 0.6) is 0 Å². The minimum absolute atomic E-state index is 0.140. The zero-order chi connectivity index (χ0) is 19.6. The lowest BCUT2D eigenvalue weighted by atomic mass is 9.99. The van der Waals surface area contributed by atoms with E-state index in [0.29, 0.717) is 19.8 Å². The van der Waals surface area contributed by atoms with E-state index in [1.54, 1.807) is 10.8 Å². The van der Waals surface area contributed by atoms with E-state index in [9.17, 15) is 15.3 Å². The SMILES string of the molecule is CC(C)(C)SSCCOCCOCCO[C@@H]1O[C@H](CO)[C@H](O)[C@H](O)[C@H]1O. The molecule has 1 aliphatic heterocycles. The molecule has 5 atom stereocenters. The van der Waals surface area contributed by atoms with Gasteiger partial charge in [0.2, 0.25) is 0 Å². The van der Waals surface area contributed by atoms with Crippen molar-refractivity contribution in [3.05, 3.63) is 0 Å². The summed E-state index contributed by atoms with van der Waals surface area (Å²) in [6, 6.07) is 0. The van der Waals surface area contributed by atoms with Crippen LogP contribution in [0.4, 0.5) is 0 Å². The molecule has 1 fully saturated rings. The van der Waals surface area contributed by atoms with Gasteiger partial charge in [-0.05, 0) is 0 Å². The van der Waals surface area contributed by atoms with Crippen LogP contribution in [0.3, 0.4) is 0 Å². The first-order valence-corrected chi connectivity index (χ1v) is 11.0. The number of hydrogen-bond donors (Lipinski definition) is 4. The van der Waals surface area contributed by atoms with Crippen LogP contribution in [0.15, 0.2) is 0 Å². The van der Waals surface area contributed by atoms with Crippen molar-refractivity contribution in [2.75, 3.05) is 45.4 Å². The minimum Gasteiger partial charge on any atom is -0.394 e. The average Bonchev–Trinajstić information content (AvgIpc) is 2.58. The van der Waals surface area contributed by atoms with E-state index >= 15 is 0 Å². The lowest BCUT2D eigenvalue weighted by Gasteiger charge is -2.39. The summed E-state index contributed by atoms with van der Waals surface area (Å²) in [4.78, 5) is 0. The smallest absolute Gasteiger partial charge is 0.186 e. The highest BCUT2D eigenvalue weighted by atomic mass is 33.1. The Morgan fingerprint density at radius 2 is 1.50 bits per heavy atom. The molecule has 1 saturated heterocycles. The lowest BCUT2D eigenvalue weighted by Crippen LogP contribution is -2.59. The predicted molar refractivity (Wildman–Crippen MR) is 101 cm³/mol. The predicted octanol–water partition coefficient (Wildman–Crippen LogP) is 0.0160. The van der Waals surface area contributed by atoms with E-state index in [4.69, 9.17) is 24.1 Å². The molecule has 0 bridgehead atoms. The molecular weight excluding hydrogens is 384 g/mol. The van der Waals surface area contributed by atoms with Gasteiger partial charge in [-0.1, -0.05) is 42.4 Å². The van der Waals surface area contributed by atoms with Crippen molar-refractivity contribution in [1.82, 2.24) is 0 Å². The molecule has 0 aromatic carbocycles. The van der Waals surface area contributed by atoms with Crippen LogP contribution in [0.1, 0.15) is 20.8 Å². The summed E-state index contributed by atoms with van der Waals surface area (Å²) in [5.74, 6) is 0.919. The summed E-state index contributed by atoms with van der Waals surface area (Å²) >= 11 is 0. The fourth-order valence-corrected chi connectivity index (χ4v) is 4.20. The largest absolute Gasteiger partial charge is 0.394 e. The third kappa shape index (κ3) is 9.54. The molecule has 156 valence electrons. The maximum absolute atomic E-state index is 9.81. The molecule has 0 radical (unpaired) electrons. The van der Waals surface area contributed by atoms with Crippen molar-refractivity contribution >= 4 is 21.6 Å². The molecule has 0 aliphatic carbocycles. The Balaban J connectivity index is 2.00. The second kappa shape index (κ2) is 12.8. The molecule has 0 aromatic heterocycles. The molecule has 0 unspecified atom stereocenters. The molecule has 1 heterocycles. The van der Waals surface area contributed by atoms with Gasteiger partial charge in [0.15, 0.2) is 6.29 Å². The Morgan fingerprint density at radius 3 is 2.12 bits per heavy atom. The highest BCUT2D eigenvalue weighted by Crippen LogP contribution is 2.34. The Kier molecular flexibility index (Phi) is 12.0. The molecule has 1 rings (SSSR count). The Hall–Kier alpha value is 0.380. The zero-order valence-electron chi connectivity index (χ0n) is 15.6. The normalized spacial score (nSPS) is 29.9. The maximum atomic E-state index is 9.81. The monoisotopic (exact) mass is 416 g/mol. The van der Waals surface area contributed by atoms with E-state index in [1.807, 2.05) is 10.8 Å². The highest BCUT2D eigenvalue weighted by molar-refractivity contribution is 8.77. The van der Waals surface area contributed by atoms with Gasteiger partial charge in [0, 0.05) is 10.5 Å². The molecule has 4 N–H and O–H groups in total. The maximum Gasteiger partial charge on any atom is 0.186 e. The van der Waals surface area contributed by atoms with Crippen LogP contribution in [0.25, 0.3) is 0 Å². The molecular formula is C16H32O8S2. The highest BCUT2D eigenvalue weighted by Gasteiger charge is 2.43. The van der Waals surface area contributed by atoms with Gasteiger partial charge in [0.05, 0.1) is 39.6 Å². The van der Waals surface area contributed by atoms with Crippen LogP contribution in [0.2, 0.25) is 0 Å². The van der Waals surface area contributed by atoms with Gasteiger partial charge < -0.3 is 39.4 Å². The molecule has 0 aromatic rings. The lowest BCUT2D eigenvalue weighted by molar-refractivity contribution is -0.302. The summed E-state index contributed by atoms with van der Waals surface area (Å²) < 4.78 is 21.6. The van der Waals surface area contributed by atoms with Gasteiger partial charge >= 0.3 is 0 Å². The fourth-order valence-electron chi connectivity index (χ4n) is 2.06. The van der Waals surface area contributed by atoms with Gasteiger partial charge in [-0.25, -0.2) is 0 Å². The van der Waals surface area contributed by atoms with Crippen molar-refractivity contribution in [1.29, 1.82) is 0 Å². The van der Waals surface area contributed by atoms with E-state index in [2.05, 4.69) is 20.8 Å². The van der Waals surface area contributed by atoms with Crippen molar-refractivity contribution in [2.24, 2.45) is 0 Å². The topological polar surface area (TPSA) is 118 Å². The van der Waals surface area contributed by atoms with E-state index in [-0.39, 0.29) is 18.0 Å². The van der Waals surface area contributed by atoms with Crippen molar-refractivity contribution < 1.29 is 39.4 Å². The van der Waals surface area contributed by atoms with Crippen molar-refractivity contribution in [3.8, 4) is 0 Å². The van der Waals surface area contributed by atoms with Gasteiger partial charge in [0.1, 0.15) is 24.4 Å². The first kappa shape index (κ1) is 24.4. The number of ether oxygens (including phenoxy) is 4. The number of aliphatic hydroxyl groups excluding tert-OH is 4. The second-order valence-corrected chi connectivity index (χ2v) is 10.1. The molecule has 0 spiro atoms. The van der Waals surface area contributed by atoms with E-state index in [1.165, 1.54) is 0 Å². The molecule has 1 aliphatic rings. The summed E-state index contributed by atoms with van der Waals surface area (Å²) in [6.45, 7) is 8.02. The van der Waals surface area contributed by atoms with Gasteiger partial charge in [-0.3, -0.25) is 0 Å². The molecule has 26 heavy (non-hydrogen) atoms. The summed E-state index contributed by atoms with van der Waals surface area (Å²) in [7, 11) is 3.62. The molecule has 0 amide bonds. The first-order chi connectivity index (χ1) is 12.3. The standard InChI is InChI=1S/C16H32O8S2/c1-16(2,3)26-25-9-8-22-5-4-21-6-7-23-15-14(20)13(19)12(18)11(10-17)24-15/h11-15,17-20H,4-10H2,1-3H3/t11-,12+,13+,14-,15-/m1/s1. The summed E-state index contributed by atoms with van der Waals surface area (Å²) in [5, 5.41) is 38.2. The third-order valence-corrected chi connectivity index (χ3v) is 6.65. The van der Waals surface area contributed by atoms with Gasteiger partial charge in [-0.15, -0.1) is 0 Å². The second-order valence-electron chi connectivity index (χ2n) is 6.81. The Bertz CT molecular complexity index is 367. The summed E-state index contributed by atoms with van der Waals surface area (Å²) in [5.41, 5.74) is 0. The third-order valence-electron chi connectivity index (χ3n) is 3.35. The van der Waals surface area contributed by atoms with E-state index in [0.717, 1.165) is 5.75 Å². The number of aliphatic hydroxyl groups is 4. The van der Waals surface area contributed by atoms with Crippen LogP contribution in [0, 0.1) is 0 Å². The van der Waals surface area contributed by atoms with E-state index < -0.39 is 37.3 Å².